The third kappa shape index (κ3) is 9.90. The minimum absolute atomic E-state index is 0.0567. The Balaban J connectivity index is 1.84. The summed E-state index contributed by atoms with van der Waals surface area (Å²) in [6, 6.07) is 14.9. The molecule has 0 saturated carbocycles. The number of nitrogens with two attached hydrogens (primary N) is 1. The molecule has 3 amide bonds. The van der Waals surface area contributed by atoms with Gasteiger partial charge in [0.05, 0.1) is 19.3 Å². The molecule has 10 heteroatoms. The molecule has 2 aromatic carbocycles. The second-order valence-electron chi connectivity index (χ2n) is 10.6. The van der Waals surface area contributed by atoms with E-state index in [1.54, 1.807) is 18.2 Å². The van der Waals surface area contributed by atoms with E-state index in [9.17, 15) is 19.5 Å². The Kier molecular flexibility index (Phi) is 12.7. The summed E-state index contributed by atoms with van der Waals surface area (Å²) in [5.41, 5.74) is 8.60. The third-order valence-corrected chi connectivity index (χ3v) is 7.00. The van der Waals surface area contributed by atoms with Crippen LogP contribution in [0.5, 0.6) is 5.75 Å². The van der Waals surface area contributed by atoms with Crippen molar-refractivity contribution in [2.24, 2.45) is 5.73 Å². The van der Waals surface area contributed by atoms with Crippen LogP contribution in [0.3, 0.4) is 0 Å². The number of aromatic nitrogens is 1. The Hall–Kier alpha value is -4.28. The number of aryl methyl sites for hydroxylation is 1. The highest BCUT2D eigenvalue weighted by Crippen LogP contribution is 2.16. The van der Waals surface area contributed by atoms with Crippen molar-refractivity contribution >= 4 is 17.7 Å². The van der Waals surface area contributed by atoms with Crippen LogP contribution in [-0.4, -0.2) is 71.6 Å². The van der Waals surface area contributed by atoms with Crippen molar-refractivity contribution < 1.29 is 24.2 Å². The Morgan fingerprint density at radius 2 is 1.70 bits per heavy atom. The summed E-state index contributed by atoms with van der Waals surface area (Å²) in [5.74, 6) is -0.830. The standard InChI is InChI=1S/C33H43N5O5/c1-5-12-38(13-6-2)33(42)26-16-24(31(34)40)15-25(17-26)32(41)37-29(18-27-11-10-22(3)19-36-27)30(39)21-35-20-23-8-7-9-28(14-23)43-4/h7-11,14-17,19,29-30,35,39H,5-6,12-13,18,20-21H2,1-4H3,(H2,34,40)(H,37,41)/t29-,30+/m0/s1. The van der Waals surface area contributed by atoms with Crippen molar-refractivity contribution in [3.8, 4) is 5.75 Å². The normalized spacial score (nSPS) is 12.3. The Bertz CT molecular complexity index is 1370. The molecule has 0 aliphatic heterocycles. The van der Waals surface area contributed by atoms with Crippen LogP contribution < -0.4 is 21.1 Å². The summed E-state index contributed by atoms with van der Waals surface area (Å²) in [5, 5.41) is 17.4. The van der Waals surface area contributed by atoms with E-state index in [0.29, 0.717) is 25.3 Å². The molecule has 0 aliphatic carbocycles. The summed E-state index contributed by atoms with van der Waals surface area (Å²) in [6.07, 6.45) is 2.55. The van der Waals surface area contributed by atoms with Crippen LogP contribution in [-0.2, 0) is 13.0 Å². The monoisotopic (exact) mass is 589 g/mol. The van der Waals surface area contributed by atoms with E-state index in [1.807, 2.05) is 57.2 Å². The number of nitrogens with one attached hydrogen (secondary N) is 2. The highest BCUT2D eigenvalue weighted by Gasteiger charge is 2.25. The van der Waals surface area contributed by atoms with Gasteiger partial charge in [0, 0.05) is 61.2 Å². The minimum atomic E-state index is -0.984. The number of amides is 3. The maximum Gasteiger partial charge on any atom is 0.253 e. The Morgan fingerprint density at radius 1 is 1.00 bits per heavy atom. The van der Waals surface area contributed by atoms with Crippen LogP contribution in [0.1, 0.15) is 74.6 Å². The molecule has 1 aromatic heterocycles. The van der Waals surface area contributed by atoms with E-state index in [0.717, 1.165) is 29.7 Å². The fourth-order valence-electron chi connectivity index (χ4n) is 4.73. The fraction of sp³-hybridized carbons (Fsp3) is 0.394. The van der Waals surface area contributed by atoms with E-state index in [-0.39, 0.29) is 35.6 Å². The lowest BCUT2D eigenvalue weighted by Crippen LogP contribution is -2.48. The molecule has 3 rings (SSSR count). The van der Waals surface area contributed by atoms with Crippen LogP contribution in [0.15, 0.2) is 60.8 Å². The number of ether oxygens (including phenoxy) is 1. The molecule has 0 unspecified atom stereocenters. The average Bonchev–Trinajstić information content (AvgIpc) is 3.01. The number of aliphatic hydroxyl groups excluding tert-OH is 1. The molecule has 2 atom stereocenters. The van der Waals surface area contributed by atoms with Crippen molar-refractivity contribution in [1.29, 1.82) is 0 Å². The Morgan fingerprint density at radius 3 is 2.33 bits per heavy atom. The zero-order valence-electron chi connectivity index (χ0n) is 25.4. The lowest BCUT2D eigenvalue weighted by molar-refractivity contribution is 0.0755. The zero-order valence-corrected chi connectivity index (χ0v) is 25.4. The predicted molar refractivity (Wildman–Crippen MR) is 166 cm³/mol. The molecule has 0 fully saturated rings. The smallest absolute Gasteiger partial charge is 0.253 e. The van der Waals surface area contributed by atoms with Gasteiger partial charge in [-0.3, -0.25) is 19.4 Å². The topological polar surface area (TPSA) is 147 Å². The van der Waals surface area contributed by atoms with Gasteiger partial charge >= 0.3 is 0 Å². The summed E-state index contributed by atoms with van der Waals surface area (Å²) in [4.78, 5) is 45.2. The second kappa shape index (κ2) is 16.4. The van der Waals surface area contributed by atoms with Gasteiger partial charge in [0.2, 0.25) is 5.91 Å². The van der Waals surface area contributed by atoms with Crippen LogP contribution >= 0.6 is 0 Å². The first-order valence-electron chi connectivity index (χ1n) is 14.6. The van der Waals surface area contributed by atoms with Gasteiger partial charge in [-0.1, -0.05) is 32.0 Å². The van der Waals surface area contributed by atoms with Crippen LogP contribution in [0.25, 0.3) is 0 Å². The van der Waals surface area contributed by atoms with Crippen molar-refractivity contribution in [3.63, 3.8) is 0 Å². The van der Waals surface area contributed by atoms with Gasteiger partial charge in [-0.2, -0.15) is 0 Å². The maximum absolute atomic E-state index is 13.6. The number of carbonyl (C=O) groups excluding carboxylic acids is 3. The molecular weight excluding hydrogens is 546 g/mol. The second-order valence-corrected chi connectivity index (χ2v) is 10.6. The first-order chi connectivity index (χ1) is 20.6. The van der Waals surface area contributed by atoms with Gasteiger partial charge in [0.15, 0.2) is 0 Å². The number of rotatable bonds is 16. The summed E-state index contributed by atoms with van der Waals surface area (Å²) >= 11 is 0. The van der Waals surface area contributed by atoms with Crippen molar-refractivity contribution in [2.45, 2.75) is 58.7 Å². The number of pyridine rings is 1. The molecule has 230 valence electrons. The average molecular weight is 590 g/mol. The maximum atomic E-state index is 13.6. The number of benzene rings is 2. The number of primary amides is 1. The molecule has 0 saturated heterocycles. The van der Waals surface area contributed by atoms with Crippen molar-refractivity contribution in [1.82, 2.24) is 20.5 Å². The molecule has 3 aromatic rings. The van der Waals surface area contributed by atoms with Gasteiger partial charge in [-0.05, 0) is 67.3 Å². The number of methoxy groups -OCH3 is 1. The van der Waals surface area contributed by atoms with E-state index in [2.05, 4.69) is 15.6 Å². The number of carbonyl (C=O) groups is 3. The molecule has 0 spiro atoms. The van der Waals surface area contributed by atoms with E-state index < -0.39 is 24.0 Å². The first-order valence-corrected chi connectivity index (χ1v) is 14.6. The highest BCUT2D eigenvalue weighted by atomic mass is 16.5. The summed E-state index contributed by atoms with van der Waals surface area (Å²) < 4.78 is 5.28. The number of hydrogen-bond donors (Lipinski definition) is 4. The van der Waals surface area contributed by atoms with Gasteiger partial charge in [-0.25, -0.2) is 0 Å². The lowest BCUT2D eigenvalue weighted by atomic mass is 10.0. The van der Waals surface area contributed by atoms with Crippen molar-refractivity contribution in [2.75, 3.05) is 26.7 Å². The molecule has 0 radical (unpaired) electrons. The largest absolute Gasteiger partial charge is 0.497 e. The zero-order chi connectivity index (χ0) is 31.4. The number of hydrogen-bond acceptors (Lipinski definition) is 7. The fourth-order valence-corrected chi connectivity index (χ4v) is 4.73. The Labute approximate surface area is 253 Å². The molecular formula is C33H43N5O5. The molecule has 0 aliphatic rings. The number of nitrogens with zero attached hydrogens (tertiary/aromatic N) is 2. The van der Waals surface area contributed by atoms with Crippen LogP contribution in [0.2, 0.25) is 0 Å². The quantitative estimate of drug-likeness (QED) is 0.201. The molecule has 1 heterocycles. The lowest BCUT2D eigenvalue weighted by Gasteiger charge is -2.25. The SMILES string of the molecule is CCCN(CCC)C(=O)c1cc(C(N)=O)cc(C(=O)N[C@@H](Cc2ccc(C)cn2)[C@H](O)CNCc2cccc(OC)c2)c1. The predicted octanol–water partition coefficient (Wildman–Crippen LogP) is 3.25. The number of aliphatic hydroxyl groups is 1. The molecule has 0 bridgehead atoms. The van der Waals surface area contributed by atoms with Gasteiger partial charge in [0.25, 0.3) is 11.8 Å². The van der Waals surface area contributed by atoms with Crippen LogP contribution in [0, 0.1) is 6.92 Å². The van der Waals surface area contributed by atoms with Crippen molar-refractivity contribution in [3.05, 3.63) is 94.3 Å². The minimum Gasteiger partial charge on any atom is -0.497 e. The molecule has 43 heavy (non-hydrogen) atoms. The first kappa shape index (κ1) is 33.2. The molecule has 5 N–H and O–H groups in total. The summed E-state index contributed by atoms with van der Waals surface area (Å²) in [6.45, 7) is 7.66. The van der Waals surface area contributed by atoms with Gasteiger partial charge in [-0.15, -0.1) is 0 Å². The highest BCUT2D eigenvalue weighted by molar-refractivity contribution is 6.04. The van der Waals surface area contributed by atoms with Gasteiger partial charge < -0.3 is 31.1 Å². The van der Waals surface area contributed by atoms with Gasteiger partial charge in [0.1, 0.15) is 5.75 Å². The van der Waals surface area contributed by atoms with Crippen LogP contribution in [0.4, 0.5) is 0 Å². The third-order valence-electron chi connectivity index (χ3n) is 7.00. The summed E-state index contributed by atoms with van der Waals surface area (Å²) in [7, 11) is 1.60. The molecule has 10 nitrogen and oxygen atoms in total. The van der Waals surface area contributed by atoms with E-state index in [1.165, 1.54) is 18.2 Å². The van der Waals surface area contributed by atoms with E-state index >= 15 is 0 Å². The van der Waals surface area contributed by atoms with E-state index in [4.69, 9.17) is 10.5 Å².